The minimum Gasteiger partial charge on any atom is -0.378 e. The number of carbonyl (C=O) groups is 1. The van der Waals surface area contributed by atoms with E-state index in [4.69, 9.17) is 16.3 Å². The maximum Gasteiger partial charge on any atom is 0.344 e. The Morgan fingerprint density at radius 3 is 2.67 bits per heavy atom. The zero-order valence-corrected chi connectivity index (χ0v) is 18.7. The van der Waals surface area contributed by atoms with Crippen LogP contribution in [0.15, 0.2) is 30.5 Å². The summed E-state index contributed by atoms with van der Waals surface area (Å²) in [6.07, 6.45) is 3.62. The Kier molecular flexibility index (Phi) is 7.04. The fourth-order valence-electron chi connectivity index (χ4n) is 3.77. The largest absolute Gasteiger partial charge is 0.378 e. The Hall–Kier alpha value is -1.94. The van der Waals surface area contributed by atoms with E-state index < -0.39 is 0 Å². The molecule has 2 aliphatic heterocycles. The molecular formula is C20H27ClN6O2S. The van der Waals surface area contributed by atoms with Crippen molar-refractivity contribution in [3.8, 4) is 0 Å². The van der Waals surface area contributed by atoms with E-state index in [0.717, 1.165) is 56.5 Å². The first kappa shape index (κ1) is 21.3. The van der Waals surface area contributed by atoms with Gasteiger partial charge in [0, 0.05) is 75.0 Å². The lowest BCUT2D eigenvalue weighted by Gasteiger charge is -2.35. The van der Waals surface area contributed by atoms with Crippen molar-refractivity contribution in [1.29, 1.82) is 0 Å². The van der Waals surface area contributed by atoms with Gasteiger partial charge in [-0.25, -0.2) is 4.79 Å². The van der Waals surface area contributed by atoms with Gasteiger partial charge in [0.05, 0.1) is 13.2 Å². The minimum atomic E-state index is -0.0869. The molecule has 10 heteroatoms. The van der Waals surface area contributed by atoms with Crippen LogP contribution >= 0.6 is 23.5 Å². The highest BCUT2D eigenvalue weighted by Gasteiger charge is 2.23. The van der Waals surface area contributed by atoms with Gasteiger partial charge >= 0.3 is 6.03 Å². The monoisotopic (exact) mass is 450 g/mol. The van der Waals surface area contributed by atoms with Gasteiger partial charge in [-0.05, 0) is 23.8 Å². The van der Waals surface area contributed by atoms with E-state index in [2.05, 4.69) is 31.8 Å². The number of benzene rings is 1. The van der Waals surface area contributed by atoms with Gasteiger partial charge in [0.1, 0.15) is 0 Å². The number of hydrogen-bond acceptors (Lipinski definition) is 7. The zero-order chi connectivity index (χ0) is 20.9. The highest BCUT2D eigenvalue weighted by atomic mass is 35.5. The summed E-state index contributed by atoms with van der Waals surface area (Å²) >= 11 is 7.94. The second kappa shape index (κ2) is 9.91. The third kappa shape index (κ3) is 5.03. The standard InChI is InChI=1S/C20H27ClN6O2S/c1-30-23-19-4-5-27(22-19)20(28)26-8-6-24(7-9-26)15-16-14-17(2-3-18(16)21)25-10-12-29-13-11-25/h2-5,14H,6-13,15H2,1H3,(H,22,23). The van der Waals surface area contributed by atoms with Crippen molar-refractivity contribution in [2.24, 2.45) is 0 Å². The molecule has 1 aromatic carbocycles. The zero-order valence-electron chi connectivity index (χ0n) is 17.1. The van der Waals surface area contributed by atoms with Crippen LogP contribution in [0.2, 0.25) is 5.02 Å². The van der Waals surface area contributed by atoms with Crippen molar-refractivity contribution >= 4 is 41.1 Å². The summed E-state index contributed by atoms with van der Waals surface area (Å²) in [7, 11) is 0. The highest BCUT2D eigenvalue weighted by molar-refractivity contribution is 7.99. The number of piperazine rings is 1. The molecular weight excluding hydrogens is 424 g/mol. The van der Waals surface area contributed by atoms with Crippen LogP contribution in [0.5, 0.6) is 0 Å². The van der Waals surface area contributed by atoms with E-state index >= 15 is 0 Å². The number of nitrogens with zero attached hydrogens (tertiary/aromatic N) is 5. The smallest absolute Gasteiger partial charge is 0.344 e. The molecule has 0 atom stereocenters. The summed E-state index contributed by atoms with van der Waals surface area (Å²) in [6.45, 7) is 7.07. The minimum absolute atomic E-state index is 0.0869. The molecule has 2 saturated heterocycles. The van der Waals surface area contributed by atoms with Crippen molar-refractivity contribution in [2.75, 3.05) is 68.4 Å². The van der Waals surface area contributed by atoms with Crippen molar-refractivity contribution in [3.63, 3.8) is 0 Å². The molecule has 162 valence electrons. The fraction of sp³-hybridized carbons (Fsp3) is 0.500. The van der Waals surface area contributed by atoms with Gasteiger partial charge in [0.2, 0.25) is 0 Å². The normalized spacial score (nSPS) is 17.9. The lowest BCUT2D eigenvalue weighted by molar-refractivity contribution is 0.122. The van der Waals surface area contributed by atoms with E-state index in [0.29, 0.717) is 18.9 Å². The Bertz CT molecular complexity index is 865. The molecule has 2 aliphatic rings. The molecule has 0 bridgehead atoms. The third-order valence-corrected chi connectivity index (χ3v) is 6.22. The molecule has 3 heterocycles. The molecule has 1 aromatic heterocycles. The summed E-state index contributed by atoms with van der Waals surface area (Å²) in [5.41, 5.74) is 2.32. The molecule has 4 rings (SSSR count). The van der Waals surface area contributed by atoms with Crippen LogP contribution in [0.3, 0.4) is 0 Å². The molecule has 0 radical (unpaired) electrons. The van der Waals surface area contributed by atoms with Crippen LogP contribution in [0, 0.1) is 0 Å². The Morgan fingerprint density at radius 2 is 1.93 bits per heavy atom. The highest BCUT2D eigenvalue weighted by Crippen LogP contribution is 2.25. The number of anilines is 2. The van der Waals surface area contributed by atoms with Gasteiger partial charge in [-0.2, -0.15) is 4.68 Å². The molecule has 2 fully saturated rings. The number of rotatable bonds is 5. The van der Waals surface area contributed by atoms with Gasteiger partial charge in [-0.15, -0.1) is 5.10 Å². The average molecular weight is 451 g/mol. The van der Waals surface area contributed by atoms with E-state index in [-0.39, 0.29) is 6.03 Å². The van der Waals surface area contributed by atoms with Crippen molar-refractivity contribution in [3.05, 3.63) is 41.0 Å². The summed E-state index contributed by atoms with van der Waals surface area (Å²) < 4.78 is 9.89. The van der Waals surface area contributed by atoms with Crippen LogP contribution in [0.25, 0.3) is 0 Å². The number of aromatic nitrogens is 2. The molecule has 8 nitrogen and oxygen atoms in total. The number of hydrogen-bond donors (Lipinski definition) is 1. The second-order valence-electron chi connectivity index (χ2n) is 7.37. The van der Waals surface area contributed by atoms with E-state index in [1.54, 1.807) is 12.3 Å². The number of ether oxygens (including phenoxy) is 1. The number of nitrogens with one attached hydrogen (secondary N) is 1. The first-order valence-electron chi connectivity index (χ1n) is 10.1. The van der Waals surface area contributed by atoms with Gasteiger partial charge in [0.15, 0.2) is 5.82 Å². The van der Waals surface area contributed by atoms with E-state index in [9.17, 15) is 4.79 Å². The van der Waals surface area contributed by atoms with Gasteiger partial charge in [-0.3, -0.25) is 4.90 Å². The quantitative estimate of drug-likeness (QED) is 0.702. The Labute approximate surface area is 186 Å². The molecule has 0 saturated carbocycles. The van der Waals surface area contributed by atoms with Gasteiger partial charge < -0.3 is 19.3 Å². The van der Waals surface area contributed by atoms with Crippen LogP contribution in [0.1, 0.15) is 5.56 Å². The Balaban J connectivity index is 1.33. The average Bonchev–Trinajstić information content (AvgIpc) is 3.25. The maximum atomic E-state index is 12.7. The van der Waals surface area contributed by atoms with Crippen LogP contribution in [-0.2, 0) is 11.3 Å². The molecule has 30 heavy (non-hydrogen) atoms. The van der Waals surface area contributed by atoms with Crippen molar-refractivity contribution in [1.82, 2.24) is 19.6 Å². The van der Waals surface area contributed by atoms with Crippen LogP contribution in [0.4, 0.5) is 16.3 Å². The second-order valence-corrected chi connectivity index (χ2v) is 8.39. The SMILES string of the molecule is CSNc1ccn(C(=O)N2CCN(Cc3cc(N4CCOCC4)ccc3Cl)CC2)n1. The fourth-order valence-corrected chi connectivity index (χ4v) is 4.27. The maximum absolute atomic E-state index is 12.7. The topological polar surface area (TPSA) is 65.9 Å². The first-order valence-corrected chi connectivity index (χ1v) is 11.7. The summed E-state index contributed by atoms with van der Waals surface area (Å²) in [4.78, 5) is 19.2. The van der Waals surface area contributed by atoms with Crippen molar-refractivity contribution < 1.29 is 9.53 Å². The predicted molar refractivity (Wildman–Crippen MR) is 121 cm³/mol. The van der Waals surface area contributed by atoms with Gasteiger partial charge in [-0.1, -0.05) is 23.5 Å². The third-order valence-electron chi connectivity index (χ3n) is 5.43. The molecule has 0 aliphatic carbocycles. The predicted octanol–water partition coefficient (Wildman–Crippen LogP) is 2.85. The number of morpholine rings is 1. The number of halogens is 1. The lowest BCUT2D eigenvalue weighted by Crippen LogP contribution is -2.49. The number of amides is 1. The van der Waals surface area contributed by atoms with Gasteiger partial charge in [0.25, 0.3) is 0 Å². The molecule has 0 unspecified atom stereocenters. The van der Waals surface area contributed by atoms with Crippen molar-refractivity contribution in [2.45, 2.75) is 6.54 Å². The lowest BCUT2D eigenvalue weighted by atomic mass is 10.1. The summed E-state index contributed by atoms with van der Waals surface area (Å²) in [6, 6.07) is 7.97. The summed E-state index contributed by atoms with van der Waals surface area (Å²) in [5, 5.41) is 5.06. The molecule has 0 spiro atoms. The van der Waals surface area contributed by atoms with E-state index in [1.807, 2.05) is 17.2 Å². The van der Waals surface area contributed by atoms with Crippen LogP contribution in [-0.4, -0.2) is 84.3 Å². The Morgan fingerprint density at radius 1 is 1.17 bits per heavy atom. The molecule has 1 N–H and O–H groups in total. The first-order chi connectivity index (χ1) is 14.6. The van der Waals surface area contributed by atoms with Crippen LogP contribution < -0.4 is 9.62 Å². The molecule has 2 aromatic rings. The summed E-state index contributed by atoms with van der Waals surface area (Å²) in [5.74, 6) is 0.685. The van der Waals surface area contributed by atoms with E-state index in [1.165, 1.54) is 22.3 Å². The molecule has 1 amide bonds. The number of carbonyl (C=O) groups excluding carboxylic acids is 1.